The Morgan fingerprint density at radius 3 is 2.00 bits per heavy atom. The smallest absolute Gasteiger partial charge is 0.0445 e. The van der Waals surface area contributed by atoms with E-state index in [0.717, 1.165) is 13.1 Å². The van der Waals surface area contributed by atoms with Crippen molar-refractivity contribution in [2.75, 3.05) is 13.1 Å². The lowest BCUT2D eigenvalue weighted by molar-refractivity contribution is 0.481. The van der Waals surface area contributed by atoms with Crippen molar-refractivity contribution in [3.63, 3.8) is 0 Å². The summed E-state index contributed by atoms with van der Waals surface area (Å²) in [5.74, 6) is 0. The van der Waals surface area contributed by atoms with Crippen molar-refractivity contribution in [2.45, 2.75) is 0 Å². The van der Waals surface area contributed by atoms with Crippen molar-refractivity contribution < 1.29 is 0 Å². The van der Waals surface area contributed by atoms with E-state index in [2.05, 4.69) is 12.2 Å². The van der Waals surface area contributed by atoms with E-state index >= 15 is 0 Å². The van der Waals surface area contributed by atoms with Gasteiger partial charge in [-0.1, -0.05) is 12.2 Å². The van der Waals surface area contributed by atoms with Crippen LogP contribution in [0.15, 0.2) is 12.2 Å². The third-order valence-corrected chi connectivity index (χ3v) is 0.847. The molecular weight excluding hydrogens is 74.1 g/mol. The third kappa shape index (κ3) is 0.601. The second kappa shape index (κ2) is 1.43. The van der Waals surface area contributed by atoms with Crippen LogP contribution >= 0.6 is 0 Å². The van der Waals surface area contributed by atoms with Gasteiger partial charge >= 0.3 is 0 Å². The van der Waals surface area contributed by atoms with Gasteiger partial charge in [-0.2, -0.15) is 0 Å². The number of rotatable bonds is 0. The van der Waals surface area contributed by atoms with Crippen LogP contribution in [0.4, 0.5) is 0 Å². The highest BCUT2D eigenvalue weighted by molar-refractivity contribution is 4.94. The SMILES string of the molecule is [CH]N1CC=CC1. The molecule has 2 radical (unpaired) electrons. The molecule has 1 aliphatic heterocycles. The van der Waals surface area contributed by atoms with Crippen molar-refractivity contribution in [2.24, 2.45) is 0 Å². The van der Waals surface area contributed by atoms with Gasteiger partial charge in [0, 0.05) is 20.1 Å². The molecule has 1 aliphatic rings. The summed E-state index contributed by atoms with van der Waals surface area (Å²) < 4.78 is 0. The van der Waals surface area contributed by atoms with Crippen LogP contribution in [0.5, 0.6) is 0 Å². The van der Waals surface area contributed by atoms with Crippen LogP contribution in [-0.4, -0.2) is 18.0 Å². The topological polar surface area (TPSA) is 3.24 Å². The number of hydrogen-bond donors (Lipinski definition) is 0. The van der Waals surface area contributed by atoms with Crippen molar-refractivity contribution in [1.29, 1.82) is 0 Å². The molecule has 0 atom stereocenters. The van der Waals surface area contributed by atoms with E-state index in [1.807, 2.05) is 0 Å². The van der Waals surface area contributed by atoms with Crippen molar-refractivity contribution in [3.8, 4) is 0 Å². The Morgan fingerprint density at radius 1 is 1.33 bits per heavy atom. The summed E-state index contributed by atoms with van der Waals surface area (Å²) in [5, 5.41) is 0. The minimum Gasteiger partial charge on any atom is -0.290 e. The van der Waals surface area contributed by atoms with E-state index in [9.17, 15) is 0 Å². The Morgan fingerprint density at radius 2 is 1.83 bits per heavy atom. The molecule has 1 heteroatoms. The summed E-state index contributed by atoms with van der Waals surface area (Å²) in [4.78, 5) is 1.75. The molecule has 0 N–H and O–H groups in total. The zero-order valence-electron chi connectivity index (χ0n) is 3.59. The Labute approximate surface area is 38.3 Å². The standard InChI is InChI=1S/C5H7N/c1-6-4-2-3-5-6/h1-3H,4-5H2. The third-order valence-electron chi connectivity index (χ3n) is 0.847. The summed E-state index contributed by atoms with van der Waals surface area (Å²) in [5.41, 5.74) is 0. The average Bonchev–Trinajstić information content (AvgIpc) is 1.86. The van der Waals surface area contributed by atoms with Crippen molar-refractivity contribution >= 4 is 0 Å². The van der Waals surface area contributed by atoms with Crippen LogP contribution in [0.2, 0.25) is 0 Å². The fraction of sp³-hybridized carbons (Fsp3) is 0.400. The van der Waals surface area contributed by atoms with Gasteiger partial charge in [-0.3, -0.25) is 4.90 Å². The molecule has 1 heterocycles. The Bertz CT molecular complexity index is 58.3. The molecule has 1 rings (SSSR count). The van der Waals surface area contributed by atoms with Gasteiger partial charge < -0.3 is 0 Å². The highest BCUT2D eigenvalue weighted by atomic mass is 15.1. The first kappa shape index (κ1) is 3.88. The average molecular weight is 81.1 g/mol. The molecule has 0 aromatic rings. The Hall–Kier alpha value is -0.300. The van der Waals surface area contributed by atoms with Gasteiger partial charge in [0.15, 0.2) is 0 Å². The second-order valence-electron chi connectivity index (χ2n) is 1.43. The molecule has 0 aromatic heterocycles. The highest BCUT2D eigenvalue weighted by Crippen LogP contribution is 1.92. The maximum Gasteiger partial charge on any atom is 0.0445 e. The van der Waals surface area contributed by atoms with E-state index in [0.29, 0.717) is 0 Å². The van der Waals surface area contributed by atoms with E-state index in [-0.39, 0.29) is 0 Å². The quantitative estimate of drug-likeness (QED) is 0.384. The second-order valence-corrected chi connectivity index (χ2v) is 1.43. The first-order chi connectivity index (χ1) is 2.89. The van der Waals surface area contributed by atoms with Crippen molar-refractivity contribution in [3.05, 3.63) is 19.2 Å². The Kier molecular flexibility index (Phi) is 0.926. The molecule has 0 aromatic carbocycles. The van der Waals surface area contributed by atoms with Gasteiger partial charge in [-0.15, -0.1) is 0 Å². The van der Waals surface area contributed by atoms with Crippen LogP contribution in [0, 0.1) is 7.05 Å². The van der Waals surface area contributed by atoms with Gasteiger partial charge in [-0.25, -0.2) is 0 Å². The summed E-state index contributed by atoms with van der Waals surface area (Å²) in [7, 11) is 5.31. The van der Waals surface area contributed by atoms with Gasteiger partial charge in [0.25, 0.3) is 0 Å². The molecule has 0 aliphatic carbocycles. The van der Waals surface area contributed by atoms with Crippen LogP contribution < -0.4 is 0 Å². The highest BCUT2D eigenvalue weighted by Gasteiger charge is 1.95. The normalized spacial score (nSPS) is 22.8. The van der Waals surface area contributed by atoms with E-state index in [4.69, 9.17) is 7.05 Å². The maximum atomic E-state index is 5.31. The van der Waals surface area contributed by atoms with E-state index < -0.39 is 0 Å². The minimum atomic E-state index is 0.917. The largest absolute Gasteiger partial charge is 0.290 e. The summed E-state index contributed by atoms with van der Waals surface area (Å²) in [6.45, 7) is 1.83. The van der Waals surface area contributed by atoms with Crippen LogP contribution in [-0.2, 0) is 0 Å². The van der Waals surface area contributed by atoms with Crippen LogP contribution in [0.1, 0.15) is 0 Å². The number of nitrogens with zero attached hydrogens (tertiary/aromatic N) is 1. The van der Waals surface area contributed by atoms with E-state index in [1.54, 1.807) is 4.90 Å². The first-order valence-electron chi connectivity index (χ1n) is 2.04. The predicted octanol–water partition coefficient (Wildman–Crippen LogP) is 0.527. The van der Waals surface area contributed by atoms with Gasteiger partial charge in [0.1, 0.15) is 0 Å². The fourth-order valence-corrected chi connectivity index (χ4v) is 0.494. The zero-order valence-corrected chi connectivity index (χ0v) is 3.59. The lowest BCUT2D eigenvalue weighted by atomic mass is 10.6. The lowest BCUT2D eigenvalue weighted by Gasteiger charge is -2.00. The molecule has 0 saturated heterocycles. The molecule has 0 fully saturated rings. The molecular formula is C5H7N. The van der Waals surface area contributed by atoms with Crippen LogP contribution in [0.3, 0.4) is 0 Å². The molecule has 0 unspecified atom stereocenters. The van der Waals surface area contributed by atoms with Crippen LogP contribution in [0.25, 0.3) is 0 Å². The predicted molar refractivity (Wildman–Crippen MR) is 25.0 cm³/mol. The zero-order chi connectivity index (χ0) is 4.41. The van der Waals surface area contributed by atoms with Gasteiger partial charge in [0.05, 0.1) is 0 Å². The summed E-state index contributed by atoms with van der Waals surface area (Å²) in [6, 6.07) is 0. The monoisotopic (exact) mass is 81.1 g/mol. The summed E-state index contributed by atoms with van der Waals surface area (Å²) >= 11 is 0. The molecule has 0 saturated carbocycles. The molecule has 1 nitrogen and oxygen atoms in total. The molecule has 0 bridgehead atoms. The first-order valence-corrected chi connectivity index (χ1v) is 2.04. The number of hydrogen-bond acceptors (Lipinski definition) is 1. The Balaban J connectivity index is 2.32. The van der Waals surface area contributed by atoms with E-state index in [1.165, 1.54) is 0 Å². The van der Waals surface area contributed by atoms with Crippen molar-refractivity contribution in [1.82, 2.24) is 4.90 Å². The van der Waals surface area contributed by atoms with Gasteiger partial charge in [0.2, 0.25) is 0 Å². The maximum absolute atomic E-state index is 5.31. The minimum absolute atomic E-state index is 0.917. The van der Waals surface area contributed by atoms with Gasteiger partial charge in [-0.05, 0) is 0 Å². The molecule has 0 amide bonds. The molecule has 0 spiro atoms. The molecule has 6 heavy (non-hydrogen) atoms. The lowest BCUT2D eigenvalue weighted by Crippen LogP contribution is -2.08. The summed E-state index contributed by atoms with van der Waals surface area (Å²) in [6.07, 6.45) is 4.11. The fourth-order valence-electron chi connectivity index (χ4n) is 0.494. The molecule has 32 valence electrons.